The second kappa shape index (κ2) is 8.23. The number of hydrogen-bond donors (Lipinski definition) is 1. The van der Waals surface area contributed by atoms with Crippen LogP contribution in [0.2, 0.25) is 5.02 Å². The Labute approximate surface area is 146 Å². The summed E-state index contributed by atoms with van der Waals surface area (Å²) in [6.07, 6.45) is 0. The lowest BCUT2D eigenvalue weighted by atomic mass is 10.3. The van der Waals surface area contributed by atoms with Gasteiger partial charge in [-0.25, -0.2) is 13.1 Å². The van der Waals surface area contributed by atoms with Gasteiger partial charge in [-0.3, -0.25) is 0 Å². The maximum absolute atomic E-state index is 12.4. The Kier molecular flexibility index (Phi) is 6.30. The molecule has 0 fully saturated rings. The number of methoxy groups -OCH3 is 2. The molecule has 0 bridgehead atoms. The average molecular weight is 372 g/mol. The number of hydrogen-bond acceptors (Lipinski definition) is 5. The van der Waals surface area contributed by atoms with E-state index >= 15 is 0 Å². The number of nitrogens with one attached hydrogen (secondary N) is 1. The van der Waals surface area contributed by atoms with Crippen molar-refractivity contribution in [2.45, 2.75) is 4.90 Å². The fraction of sp³-hybridized carbons (Fsp3) is 0.250. The summed E-state index contributed by atoms with van der Waals surface area (Å²) in [5.41, 5.74) is 0. The van der Waals surface area contributed by atoms with Crippen molar-refractivity contribution in [2.75, 3.05) is 27.4 Å². The van der Waals surface area contributed by atoms with E-state index in [-0.39, 0.29) is 23.8 Å². The molecule has 24 heavy (non-hydrogen) atoms. The molecular weight excluding hydrogens is 354 g/mol. The highest BCUT2D eigenvalue weighted by Gasteiger charge is 2.19. The zero-order chi connectivity index (χ0) is 17.6. The van der Waals surface area contributed by atoms with Crippen molar-refractivity contribution >= 4 is 21.6 Å². The van der Waals surface area contributed by atoms with Crippen LogP contribution in [0.5, 0.6) is 17.2 Å². The van der Waals surface area contributed by atoms with Crippen LogP contribution in [-0.2, 0) is 10.0 Å². The SMILES string of the molecule is COc1ccccc1OCCNS(=O)(=O)c1cc(Cl)ccc1OC. The lowest BCUT2D eigenvalue weighted by molar-refractivity contribution is 0.298. The van der Waals surface area contributed by atoms with E-state index in [9.17, 15) is 8.42 Å². The van der Waals surface area contributed by atoms with E-state index in [0.29, 0.717) is 16.5 Å². The molecule has 2 aromatic rings. The zero-order valence-electron chi connectivity index (χ0n) is 13.3. The van der Waals surface area contributed by atoms with Crippen molar-refractivity contribution in [3.05, 3.63) is 47.5 Å². The van der Waals surface area contributed by atoms with Crippen LogP contribution in [0.1, 0.15) is 0 Å². The Morgan fingerprint density at radius 3 is 2.33 bits per heavy atom. The van der Waals surface area contributed by atoms with Crippen LogP contribution in [-0.4, -0.2) is 35.8 Å². The van der Waals surface area contributed by atoms with Gasteiger partial charge in [-0.05, 0) is 30.3 Å². The van der Waals surface area contributed by atoms with Crippen molar-refractivity contribution in [3.63, 3.8) is 0 Å². The normalized spacial score (nSPS) is 11.1. The molecule has 0 aromatic heterocycles. The fourth-order valence-corrected chi connectivity index (χ4v) is 3.46. The first kappa shape index (κ1) is 18.4. The summed E-state index contributed by atoms with van der Waals surface area (Å²) in [6.45, 7) is 0.221. The molecule has 0 aliphatic heterocycles. The van der Waals surface area contributed by atoms with Gasteiger partial charge in [0.15, 0.2) is 11.5 Å². The summed E-state index contributed by atoms with van der Waals surface area (Å²) >= 11 is 5.87. The highest BCUT2D eigenvalue weighted by molar-refractivity contribution is 7.89. The molecule has 6 nitrogen and oxygen atoms in total. The van der Waals surface area contributed by atoms with Gasteiger partial charge in [0.2, 0.25) is 10.0 Å². The molecule has 0 aliphatic rings. The summed E-state index contributed by atoms with van der Waals surface area (Å²) in [4.78, 5) is -0.0187. The summed E-state index contributed by atoms with van der Waals surface area (Å²) in [5.74, 6) is 1.34. The molecule has 1 N–H and O–H groups in total. The van der Waals surface area contributed by atoms with Crippen molar-refractivity contribution in [2.24, 2.45) is 0 Å². The average Bonchev–Trinajstić information content (AvgIpc) is 2.59. The van der Waals surface area contributed by atoms with Crippen molar-refractivity contribution in [1.29, 1.82) is 0 Å². The van der Waals surface area contributed by atoms with Crippen LogP contribution >= 0.6 is 11.6 Å². The third kappa shape index (κ3) is 4.53. The van der Waals surface area contributed by atoms with Gasteiger partial charge < -0.3 is 14.2 Å². The Balaban J connectivity index is 2.00. The number of sulfonamides is 1. The van der Waals surface area contributed by atoms with E-state index in [0.717, 1.165) is 0 Å². The molecule has 8 heteroatoms. The minimum atomic E-state index is -3.77. The van der Waals surface area contributed by atoms with E-state index in [1.807, 2.05) is 6.07 Å². The summed E-state index contributed by atoms with van der Waals surface area (Å²) < 4.78 is 42.9. The second-order valence-corrected chi connectivity index (χ2v) is 6.86. The van der Waals surface area contributed by atoms with E-state index in [1.54, 1.807) is 24.3 Å². The minimum absolute atomic E-state index is 0.0187. The Bertz CT molecular complexity index is 795. The number of rotatable bonds is 8. The zero-order valence-corrected chi connectivity index (χ0v) is 14.9. The Morgan fingerprint density at radius 1 is 1.00 bits per heavy atom. The van der Waals surface area contributed by atoms with Gasteiger partial charge in [0.05, 0.1) is 14.2 Å². The van der Waals surface area contributed by atoms with Gasteiger partial charge in [0.1, 0.15) is 17.3 Å². The van der Waals surface area contributed by atoms with Crippen LogP contribution in [0.3, 0.4) is 0 Å². The number of halogens is 1. The maximum atomic E-state index is 12.4. The highest BCUT2D eigenvalue weighted by Crippen LogP contribution is 2.27. The largest absolute Gasteiger partial charge is 0.495 e. The fourth-order valence-electron chi connectivity index (χ4n) is 2.01. The van der Waals surface area contributed by atoms with Crippen LogP contribution < -0.4 is 18.9 Å². The third-order valence-corrected chi connectivity index (χ3v) is 4.85. The number of benzene rings is 2. The first-order valence-electron chi connectivity index (χ1n) is 7.07. The predicted octanol–water partition coefficient (Wildman–Crippen LogP) is 2.71. The van der Waals surface area contributed by atoms with E-state index in [4.69, 9.17) is 25.8 Å². The molecule has 2 rings (SSSR count). The third-order valence-electron chi connectivity index (χ3n) is 3.14. The molecule has 0 unspecified atom stereocenters. The first-order valence-corrected chi connectivity index (χ1v) is 8.93. The van der Waals surface area contributed by atoms with E-state index in [2.05, 4.69) is 4.72 Å². The van der Waals surface area contributed by atoms with Crippen molar-refractivity contribution in [3.8, 4) is 17.2 Å². The summed E-state index contributed by atoms with van der Waals surface area (Å²) in [6, 6.07) is 11.5. The molecule has 0 radical (unpaired) electrons. The maximum Gasteiger partial charge on any atom is 0.244 e. The molecule has 0 amide bonds. The summed E-state index contributed by atoms with van der Waals surface area (Å²) in [5, 5.41) is 0.307. The smallest absolute Gasteiger partial charge is 0.244 e. The summed E-state index contributed by atoms with van der Waals surface area (Å²) in [7, 11) is -0.832. The predicted molar refractivity (Wildman–Crippen MR) is 91.7 cm³/mol. The molecular formula is C16H18ClNO5S. The Hall–Kier alpha value is -1.96. The van der Waals surface area contributed by atoms with Gasteiger partial charge in [-0.2, -0.15) is 0 Å². The molecule has 0 atom stereocenters. The van der Waals surface area contributed by atoms with Crippen molar-refractivity contribution in [1.82, 2.24) is 4.72 Å². The van der Waals surface area contributed by atoms with Gasteiger partial charge in [0, 0.05) is 11.6 Å². The van der Waals surface area contributed by atoms with Crippen LogP contribution in [0, 0.1) is 0 Å². The van der Waals surface area contributed by atoms with Crippen molar-refractivity contribution < 1.29 is 22.6 Å². The van der Waals surface area contributed by atoms with E-state index in [1.165, 1.54) is 26.4 Å². The number of para-hydroxylation sites is 2. The molecule has 0 heterocycles. The van der Waals surface area contributed by atoms with E-state index < -0.39 is 10.0 Å². The molecule has 0 spiro atoms. The molecule has 2 aromatic carbocycles. The molecule has 0 aliphatic carbocycles. The van der Waals surface area contributed by atoms with Gasteiger partial charge in [-0.1, -0.05) is 23.7 Å². The molecule has 0 saturated heterocycles. The topological polar surface area (TPSA) is 73.9 Å². The number of ether oxygens (including phenoxy) is 3. The van der Waals surface area contributed by atoms with Gasteiger partial charge in [-0.15, -0.1) is 0 Å². The van der Waals surface area contributed by atoms with Crippen LogP contribution in [0.15, 0.2) is 47.4 Å². The molecule has 0 saturated carbocycles. The van der Waals surface area contributed by atoms with Crippen LogP contribution in [0.4, 0.5) is 0 Å². The van der Waals surface area contributed by atoms with Gasteiger partial charge in [0.25, 0.3) is 0 Å². The van der Waals surface area contributed by atoms with Crippen LogP contribution in [0.25, 0.3) is 0 Å². The first-order chi connectivity index (χ1) is 11.5. The quantitative estimate of drug-likeness (QED) is 0.722. The second-order valence-electron chi connectivity index (χ2n) is 4.69. The lowest BCUT2D eigenvalue weighted by Gasteiger charge is -2.12. The lowest BCUT2D eigenvalue weighted by Crippen LogP contribution is -2.28. The standard InChI is InChI=1S/C16H18ClNO5S/c1-21-13-5-3-4-6-14(13)23-10-9-18-24(19,20)16-11-12(17)7-8-15(16)22-2/h3-8,11,18H,9-10H2,1-2H3. The Morgan fingerprint density at radius 2 is 1.67 bits per heavy atom. The van der Waals surface area contributed by atoms with Gasteiger partial charge >= 0.3 is 0 Å². The molecule has 130 valence electrons. The highest BCUT2D eigenvalue weighted by atomic mass is 35.5. The monoisotopic (exact) mass is 371 g/mol. The minimum Gasteiger partial charge on any atom is -0.495 e.